The molecule has 0 aliphatic heterocycles. The minimum Gasteiger partial charge on any atom is -0.497 e. The average Bonchev–Trinajstić information content (AvgIpc) is 3.12. The van der Waals surface area contributed by atoms with Crippen LogP contribution in [0.1, 0.15) is 12.5 Å². The Balaban J connectivity index is 1.70. The first-order valence-corrected chi connectivity index (χ1v) is 8.97. The van der Waals surface area contributed by atoms with Gasteiger partial charge in [-0.1, -0.05) is 24.3 Å². The van der Waals surface area contributed by atoms with Crippen molar-refractivity contribution in [1.82, 2.24) is 10.3 Å². The predicted molar refractivity (Wildman–Crippen MR) is 102 cm³/mol. The van der Waals surface area contributed by atoms with Gasteiger partial charge in [-0.05, 0) is 36.2 Å². The summed E-state index contributed by atoms with van der Waals surface area (Å²) in [6.07, 6.45) is 0.827. The first-order valence-electron chi connectivity index (χ1n) is 8.09. The number of hydrogen-bond donors (Lipinski definition) is 1. The minimum atomic E-state index is 0.00477. The quantitative estimate of drug-likeness (QED) is 0.724. The molecule has 0 aliphatic rings. The number of nitrogens with zero attached hydrogens (tertiary/aromatic N) is 1. The number of carbonyl (C=O) groups excluding carboxylic acids is 1. The largest absolute Gasteiger partial charge is 0.497 e. The second-order valence-corrected chi connectivity index (χ2v) is 6.55. The zero-order chi connectivity index (χ0) is 17.6. The summed E-state index contributed by atoms with van der Waals surface area (Å²) in [5.74, 6) is 0.848. The van der Waals surface area contributed by atoms with Crippen LogP contribution in [-0.4, -0.2) is 24.5 Å². The molecule has 2 aromatic carbocycles. The van der Waals surface area contributed by atoms with Gasteiger partial charge in [0.2, 0.25) is 5.91 Å². The van der Waals surface area contributed by atoms with Crippen LogP contribution in [0.25, 0.3) is 21.8 Å². The number of nitrogens with one attached hydrogen (secondary N) is 1. The molecule has 3 rings (SSSR count). The predicted octanol–water partition coefficient (Wildman–Crippen LogP) is 4.16. The summed E-state index contributed by atoms with van der Waals surface area (Å²) in [6.45, 7) is 2.19. The van der Waals surface area contributed by atoms with Crippen molar-refractivity contribution in [2.24, 2.45) is 0 Å². The highest BCUT2D eigenvalue weighted by Crippen LogP contribution is 2.30. The fraction of sp³-hybridized carbons (Fsp3) is 0.200. The van der Waals surface area contributed by atoms with Crippen LogP contribution in [0.5, 0.6) is 5.75 Å². The van der Waals surface area contributed by atoms with Gasteiger partial charge in [0.05, 0.1) is 12.8 Å². The maximum Gasteiger partial charge on any atom is 0.216 e. The minimum absolute atomic E-state index is 0.00477. The van der Waals surface area contributed by atoms with Crippen molar-refractivity contribution in [3.05, 3.63) is 59.5 Å². The molecule has 0 bridgehead atoms. The van der Waals surface area contributed by atoms with Crippen molar-refractivity contribution in [2.45, 2.75) is 13.3 Å². The Hall–Kier alpha value is -2.66. The van der Waals surface area contributed by atoms with Crippen LogP contribution in [0.15, 0.2) is 53.9 Å². The van der Waals surface area contributed by atoms with Crippen molar-refractivity contribution in [3.8, 4) is 27.6 Å². The van der Waals surface area contributed by atoms with Crippen LogP contribution >= 0.6 is 11.3 Å². The third-order valence-corrected chi connectivity index (χ3v) is 4.77. The summed E-state index contributed by atoms with van der Waals surface area (Å²) in [4.78, 5) is 15.6. The zero-order valence-corrected chi connectivity index (χ0v) is 15.1. The SMILES string of the molecule is COc1ccc(-c2nc(-c3ccc(CCNC(C)=O)cc3)cs2)cc1. The van der Waals surface area contributed by atoms with Crippen LogP contribution < -0.4 is 10.1 Å². The Bertz CT molecular complexity index is 839. The van der Waals surface area contributed by atoms with Gasteiger partial charge in [0.25, 0.3) is 0 Å². The molecule has 1 heterocycles. The third-order valence-electron chi connectivity index (χ3n) is 3.88. The molecular weight excluding hydrogens is 332 g/mol. The second-order valence-electron chi connectivity index (χ2n) is 5.70. The molecule has 0 aliphatic carbocycles. The first kappa shape index (κ1) is 17.2. The molecule has 0 atom stereocenters. The van der Waals surface area contributed by atoms with E-state index >= 15 is 0 Å². The van der Waals surface area contributed by atoms with E-state index < -0.39 is 0 Å². The van der Waals surface area contributed by atoms with Crippen LogP contribution in [0.4, 0.5) is 0 Å². The Labute approximate surface area is 151 Å². The van der Waals surface area contributed by atoms with E-state index in [1.165, 1.54) is 12.5 Å². The van der Waals surface area contributed by atoms with Gasteiger partial charge in [0, 0.05) is 30.0 Å². The normalized spacial score (nSPS) is 10.5. The maximum absolute atomic E-state index is 10.9. The van der Waals surface area contributed by atoms with Gasteiger partial charge in [0.1, 0.15) is 10.8 Å². The number of benzene rings is 2. The molecule has 25 heavy (non-hydrogen) atoms. The Morgan fingerprint density at radius 2 is 1.76 bits per heavy atom. The van der Waals surface area contributed by atoms with Crippen LogP contribution in [0.3, 0.4) is 0 Å². The van der Waals surface area contributed by atoms with E-state index in [1.54, 1.807) is 18.4 Å². The molecule has 0 unspecified atom stereocenters. The molecular formula is C20H20N2O2S. The highest BCUT2D eigenvalue weighted by molar-refractivity contribution is 7.13. The van der Waals surface area contributed by atoms with Crippen LogP contribution in [-0.2, 0) is 11.2 Å². The van der Waals surface area contributed by atoms with Gasteiger partial charge < -0.3 is 10.1 Å². The standard InChI is InChI=1S/C20H20N2O2S/c1-14(23)21-12-11-15-3-5-16(6-4-15)19-13-25-20(22-19)17-7-9-18(24-2)10-8-17/h3-10,13H,11-12H2,1-2H3,(H,21,23). The number of hydrogen-bond acceptors (Lipinski definition) is 4. The zero-order valence-electron chi connectivity index (χ0n) is 14.3. The lowest BCUT2D eigenvalue weighted by Crippen LogP contribution is -2.22. The lowest BCUT2D eigenvalue weighted by molar-refractivity contribution is -0.118. The summed E-state index contributed by atoms with van der Waals surface area (Å²) < 4.78 is 5.19. The van der Waals surface area contributed by atoms with Gasteiger partial charge in [-0.25, -0.2) is 4.98 Å². The molecule has 3 aromatic rings. The highest BCUT2D eigenvalue weighted by Gasteiger charge is 2.07. The van der Waals surface area contributed by atoms with Gasteiger partial charge in [-0.3, -0.25) is 4.79 Å². The Kier molecular flexibility index (Phi) is 5.46. The number of thiazole rings is 1. The van der Waals surface area contributed by atoms with E-state index in [4.69, 9.17) is 9.72 Å². The summed E-state index contributed by atoms with van der Waals surface area (Å²) in [5, 5.41) is 5.88. The molecule has 0 spiro atoms. The number of methoxy groups -OCH3 is 1. The Morgan fingerprint density at radius 3 is 2.40 bits per heavy atom. The number of carbonyl (C=O) groups is 1. The maximum atomic E-state index is 10.9. The summed E-state index contributed by atoms with van der Waals surface area (Å²) >= 11 is 1.63. The second kappa shape index (κ2) is 7.94. The topological polar surface area (TPSA) is 51.2 Å². The fourth-order valence-corrected chi connectivity index (χ4v) is 3.33. The summed E-state index contributed by atoms with van der Waals surface area (Å²) in [6, 6.07) is 16.3. The lowest BCUT2D eigenvalue weighted by Gasteiger charge is -2.04. The van der Waals surface area contributed by atoms with E-state index in [2.05, 4.69) is 35.0 Å². The molecule has 0 radical (unpaired) electrons. The van der Waals surface area contributed by atoms with Crippen LogP contribution in [0.2, 0.25) is 0 Å². The molecule has 0 fully saturated rings. The lowest BCUT2D eigenvalue weighted by atomic mass is 10.1. The van der Waals surface area contributed by atoms with Gasteiger partial charge in [0.15, 0.2) is 0 Å². The van der Waals surface area contributed by atoms with Crippen molar-refractivity contribution >= 4 is 17.2 Å². The van der Waals surface area contributed by atoms with Gasteiger partial charge in [-0.2, -0.15) is 0 Å². The molecule has 1 N–H and O–H groups in total. The third kappa shape index (κ3) is 4.45. The van der Waals surface area contributed by atoms with Crippen molar-refractivity contribution in [3.63, 3.8) is 0 Å². The fourth-order valence-electron chi connectivity index (χ4n) is 2.50. The molecule has 0 saturated carbocycles. The monoisotopic (exact) mass is 352 g/mol. The molecule has 1 aromatic heterocycles. The number of aromatic nitrogens is 1. The average molecular weight is 352 g/mol. The molecule has 128 valence electrons. The van der Waals surface area contributed by atoms with E-state index in [0.29, 0.717) is 6.54 Å². The Morgan fingerprint density at radius 1 is 1.08 bits per heavy atom. The van der Waals surface area contributed by atoms with E-state index in [0.717, 1.165) is 34.0 Å². The number of ether oxygens (including phenoxy) is 1. The van der Waals surface area contributed by atoms with Crippen molar-refractivity contribution in [2.75, 3.05) is 13.7 Å². The smallest absolute Gasteiger partial charge is 0.216 e. The van der Waals surface area contributed by atoms with E-state index in [9.17, 15) is 4.79 Å². The van der Waals surface area contributed by atoms with Crippen LogP contribution in [0, 0.1) is 0 Å². The summed E-state index contributed by atoms with van der Waals surface area (Å²) in [7, 11) is 1.66. The first-order chi connectivity index (χ1) is 12.2. The highest BCUT2D eigenvalue weighted by atomic mass is 32.1. The van der Waals surface area contributed by atoms with Gasteiger partial charge >= 0.3 is 0 Å². The van der Waals surface area contributed by atoms with E-state index in [1.807, 2.05) is 24.3 Å². The number of rotatable bonds is 6. The molecule has 0 saturated heterocycles. The molecule has 1 amide bonds. The molecule has 4 nitrogen and oxygen atoms in total. The summed E-state index contributed by atoms with van der Waals surface area (Å²) in [5.41, 5.74) is 4.36. The molecule has 5 heteroatoms. The van der Waals surface area contributed by atoms with Crippen molar-refractivity contribution < 1.29 is 9.53 Å². The van der Waals surface area contributed by atoms with Gasteiger partial charge in [-0.15, -0.1) is 11.3 Å². The number of amides is 1. The van der Waals surface area contributed by atoms with Crippen molar-refractivity contribution in [1.29, 1.82) is 0 Å². The van der Waals surface area contributed by atoms with E-state index in [-0.39, 0.29) is 5.91 Å².